The first kappa shape index (κ1) is 25.0. The van der Waals surface area contributed by atoms with E-state index in [0.29, 0.717) is 32.0 Å². The van der Waals surface area contributed by atoms with Gasteiger partial charge in [0.05, 0.1) is 36.2 Å². The number of piperidine rings is 1. The molecule has 1 aliphatic heterocycles. The van der Waals surface area contributed by atoms with E-state index in [2.05, 4.69) is 10.5 Å². The first-order chi connectivity index (χ1) is 16.5. The SMILES string of the molecule is O=C(NN1CCCCC1)c1nn(-c2ccc(Cl)cc2Cl)c(-c2ccc(Cl)cc2)c1COCCO. The number of nitrogens with one attached hydrogen (secondary N) is 1. The van der Waals surface area contributed by atoms with Crippen LogP contribution in [0.4, 0.5) is 0 Å². The summed E-state index contributed by atoms with van der Waals surface area (Å²) < 4.78 is 7.29. The predicted octanol–water partition coefficient (Wildman–Crippen LogP) is 5.14. The van der Waals surface area contributed by atoms with Gasteiger partial charge in [0.2, 0.25) is 0 Å². The Kier molecular flexibility index (Phi) is 8.47. The maximum absolute atomic E-state index is 13.4. The Balaban J connectivity index is 1.85. The molecular weight excluding hydrogens is 499 g/mol. The van der Waals surface area contributed by atoms with Crippen molar-refractivity contribution in [2.75, 3.05) is 26.3 Å². The van der Waals surface area contributed by atoms with Gasteiger partial charge in [-0.05, 0) is 43.2 Å². The molecule has 1 aromatic heterocycles. The van der Waals surface area contributed by atoms with Gasteiger partial charge in [-0.2, -0.15) is 5.10 Å². The van der Waals surface area contributed by atoms with Crippen molar-refractivity contribution in [1.82, 2.24) is 20.2 Å². The third kappa shape index (κ3) is 5.74. The second-order valence-electron chi connectivity index (χ2n) is 7.96. The number of aliphatic hydroxyl groups excluding tert-OH is 1. The minimum Gasteiger partial charge on any atom is -0.394 e. The van der Waals surface area contributed by atoms with Crippen molar-refractivity contribution in [1.29, 1.82) is 0 Å². The van der Waals surface area contributed by atoms with E-state index in [4.69, 9.17) is 39.5 Å². The molecule has 0 spiro atoms. The van der Waals surface area contributed by atoms with Crippen molar-refractivity contribution in [2.45, 2.75) is 25.9 Å². The molecule has 34 heavy (non-hydrogen) atoms. The van der Waals surface area contributed by atoms with Gasteiger partial charge in [0, 0.05) is 34.3 Å². The molecule has 0 saturated carbocycles. The predicted molar refractivity (Wildman–Crippen MR) is 134 cm³/mol. The minimum atomic E-state index is -0.330. The highest BCUT2D eigenvalue weighted by Gasteiger charge is 2.27. The summed E-state index contributed by atoms with van der Waals surface area (Å²) in [5, 5.41) is 17.3. The molecule has 1 saturated heterocycles. The van der Waals surface area contributed by atoms with Crippen molar-refractivity contribution in [3.63, 3.8) is 0 Å². The van der Waals surface area contributed by atoms with Crippen LogP contribution in [-0.2, 0) is 11.3 Å². The lowest BCUT2D eigenvalue weighted by molar-refractivity contribution is 0.0716. The number of aromatic nitrogens is 2. The summed E-state index contributed by atoms with van der Waals surface area (Å²) in [4.78, 5) is 13.4. The van der Waals surface area contributed by atoms with Gasteiger partial charge in [-0.15, -0.1) is 0 Å². The lowest BCUT2D eigenvalue weighted by Crippen LogP contribution is -2.45. The van der Waals surface area contributed by atoms with Crippen LogP contribution in [0, 0.1) is 0 Å². The summed E-state index contributed by atoms with van der Waals surface area (Å²) in [5.41, 5.74) is 5.77. The smallest absolute Gasteiger partial charge is 0.286 e. The summed E-state index contributed by atoms with van der Waals surface area (Å²) >= 11 is 18.8. The van der Waals surface area contributed by atoms with Crippen LogP contribution in [0.2, 0.25) is 15.1 Å². The molecule has 1 fully saturated rings. The van der Waals surface area contributed by atoms with Gasteiger partial charge >= 0.3 is 0 Å². The third-order valence-corrected chi connectivity index (χ3v) is 6.34. The number of hydrogen-bond acceptors (Lipinski definition) is 5. The van der Waals surface area contributed by atoms with Gasteiger partial charge in [-0.1, -0.05) is 53.4 Å². The summed E-state index contributed by atoms with van der Waals surface area (Å²) in [6.45, 7) is 1.64. The number of aliphatic hydroxyl groups is 1. The second-order valence-corrected chi connectivity index (χ2v) is 9.24. The minimum absolute atomic E-state index is 0.0759. The standard InChI is InChI=1S/C24H25Cl3N4O3/c25-17-6-4-16(5-7-17)23-19(15-34-13-12-32)22(24(33)29-30-10-2-1-3-11-30)28-31(23)21-9-8-18(26)14-20(21)27/h4-9,14,32H,1-3,10-13,15H2,(H,29,33). The molecule has 0 unspecified atom stereocenters. The van der Waals surface area contributed by atoms with Crippen molar-refractivity contribution >= 4 is 40.7 Å². The normalized spacial score (nSPS) is 14.4. The number of hydrazine groups is 1. The van der Waals surface area contributed by atoms with Crippen molar-refractivity contribution in [3.05, 3.63) is 68.8 Å². The molecule has 0 atom stereocenters. The molecule has 180 valence electrons. The molecule has 2 N–H and O–H groups in total. The second kappa shape index (κ2) is 11.5. The van der Waals surface area contributed by atoms with Crippen LogP contribution in [0.5, 0.6) is 0 Å². The molecule has 7 nitrogen and oxygen atoms in total. The lowest BCUT2D eigenvalue weighted by atomic mass is 10.1. The van der Waals surface area contributed by atoms with Crippen LogP contribution in [0.25, 0.3) is 16.9 Å². The van der Waals surface area contributed by atoms with E-state index in [1.165, 1.54) is 0 Å². The summed E-state index contributed by atoms with van der Waals surface area (Å²) in [7, 11) is 0. The van der Waals surface area contributed by atoms with E-state index in [0.717, 1.165) is 37.9 Å². The van der Waals surface area contributed by atoms with Crippen molar-refractivity contribution < 1.29 is 14.6 Å². The van der Waals surface area contributed by atoms with Gasteiger partial charge in [0.1, 0.15) is 0 Å². The van der Waals surface area contributed by atoms with Gasteiger partial charge in [0.15, 0.2) is 5.69 Å². The molecular formula is C24H25Cl3N4O3. The number of rotatable bonds is 8. The lowest BCUT2D eigenvalue weighted by Gasteiger charge is -2.26. The Morgan fingerprint density at radius 3 is 2.41 bits per heavy atom. The fourth-order valence-electron chi connectivity index (χ4n) is 3.94. The molecule has 2 aromatic carbocycles. The van der Waals surface area contributed by atoms with Crippen LogP contribution < -0.4 is 5.43 Å². The largest absolute Gasteiger partial charge is 0.394 e. The van der Waals surface area contributed by atoms with E-state index in [-0.39, 0.29) is 31.4 Å². The first-order valence-corrected chi connectivity index (χ1v) is 12.2. The molecule has 4 rings (SSSR count). The van der Waals surface area contributed by atoms with Gasteiger partial charge in [-0.25, -0.2) is 9.69 Å². The quantitative estimate of drug-likeness (QED) is 0.400. The number of carbonyl (C=O) groups excluding carboxylic acids is 1. The van der Waals surface area contributed by atoms with E-state index >= 15 is 0 Å². The average Bonchev–Trinajstić information content (AvgIpc) is 3.20. The molecule has 2 heterocycles. The Morgan fingerprint density at radius 2 is 1.74 bits per heavy atom. The number of amides is 1. The Morgan fingerprint density at radius 1 is 1.03 bits per heavy atom. The number of carbonyl (C=O) groups is 1. The molecule has 10 heteroatoms. The van der Waals surface area contributed by atoms with Crippen molar-refractivity contribution in [3.8, 4) is 16.9 Å². The fraction of sp³-hybridized carbons (Fsp3) is 0.333. The number of halogens is 3. The summed E-state index contributed by atoms with van der Waals surface area (Å²) in [6.07, 6.45) is 3.20. The van der Waals surface area contributed by atoms with Crippen LogP contribution in [0.3, 0.4) is 0 Å². The first-order valence-electron chi connectivity index (χ1n) is 11.1. The topological polar surface area (TPSA) is 79.6 Å². The molecule has 3 aromatic rings. The number of ether oxygens (including phenoxy) is 1. The molecule has 0 aliphatic carbocycles. The monoisotopic (exact) mass is 522 g/mol. The summed E-state index contributed by atoms with van der Waals surface area (Å²) in [6, 6.07) is 12.3. The Labute approximate surface area is 213 Å². The van der Waals surface area contributed by atoms with Crippen LogP contribution in [0.1, 0.15) is 35.3 Å². The molecule has 1 aliphatic rings. The van der Waals surface area contributed by atoms with Crippen LogP contribution >= 0.6 is 34.8 Å². The highest BCUT2D eigenvalue weighted by molar-refractivity contribution is 6.35. The number of nitrogens with zero attached hydrogens (tertiary/aromatic N) is 3. The fourth-order valence-corrected chi connectivity index (χ4v) is 4.56. The molecule has 1 amide bonds. The Bertz CT molecular complexity index is 1150. The Hall–Kier alpha value is -2.13. The molecule has 0 radical (unpaired) electrons. The third-order valence-electron chi connectivity index (χ3n) is 5.55. The highest BCUT2D eigenvalue weighted by Crippen LogP contribution is 2.34. The van der Waals surface area contributed by atoms with Crippen LogP contribution in [0.15, 0.2) is 42.5 Å². The zero-order valence-corrected chi connectivity index (χ0v) is 20.7. The number of hydrogen-bond donors (Lipinski definition) is 2. The van der Waals surface area contributed by atoms with Gasteiger partial charge < -0.3 is 9.84 Å². The highest BCUT2D eigenvalue weighted by atomic mass is 35.5. The zero-order valence-electron chi connectivity index (χ0n) is 18.4. The maximum Gasteiger partial charge on any atom is 0.286 e. The van der Waals surface area contributed by atoms with Gasteiger partial charge in [-0.3, -0.25) is 10.2 Å². The zero-order chi connectivity index (χ0) is 24.1. The van der Waals surface area contributed by atoms with Gasteiger partial charge in [0.25, 0.3) is 5.91 Å². The van der Waals surface area contributed by atoms with Crippen molar-refractivity contribution in [2.24, 2.45) is 0 Å². The number of benzene rings is 2. The summed E-state index contributed by atoms with van der Waals surface area (Å²) in [5.74, 6) is -0.330. The maximum atomic E-state index is 13.4. The van der Waals surface area contributed by atoms with E-state index in [1.807, 2.05) is 17.1 Å². The van der Waals surface area contributed by atoms with E-state index in [9.17, 15) is 9.90 Å². The molecule has 0 bridgehead atoms. The van der Waals surface area contributed by atoms with Crippen LogP contribution in [-0.4, -0.2) is 52.1 Å². The van der Waals surface area contributed by atoms with E-state index < -0.39 is 0 Å². The average molecular weight is 524 g/mol. The van der Waals surface area contributed by atoms with E-state index in [1.54, 1.807) is 35.0 Å².